The SMILES string of the molecule is CS(=O)(=O)c1cc([N+](=O)[O-])ccc1N1CCC(Nc2cccnn2)CC1. The van der Waals surface area contributed by atoms with E-state index in [9.17, 15) is 18.5 Å². The van der Waals surface area contributed by atoms with Crippen LogP contribution >= 0.6 is 0 Å². The number of aromatic nitrogens is 2. The van der Waals surface area contributed by atoms with Crippen LogP contribution < -0.4 is 10.2 Å². The second kappa shape index (κ2) is 7.24. The molecule has 0 unspecified atom stereocenters. The van der Waals surface area contributed by atoms with Crippen LogP contribution in [-0.4, -0.2) is 48.9 Å². The van der Waals surface area contributed by atoms with Crippen LogP contribution in [-0.2, 0) is 9.84 Å². The molecule has 2 aromatic rings. The zero-order valence-corrected chi connectivity index (χ0v) is 15.0. The second-order valence-electron chi connectivity index (χ2n) is 6.20. The van der Waals surface area contributed by atoms with Crippen molar-refractivity contribution in [3.8, 4) is 0 Å². The molecule has 26 heavy (non-hydrogen) atoms. The van der Waals surface area contributed by atoms with Crippen LogP contribution in [0.4, 0.5) is 17.2 Å². The van der Waals surface area contributed by atoms with Crippen molar-refractivity contribution in [2.24, 2.45) is 0 Å². The fourth-order valence-electron chi connectivity index (χ4n) is 3.03. The third kappa shape index (κ3) is 4.07. The van der Waals surface area contributed by atoms with E-state index in [2.05, 4.69) is 15.5 Å². The van der Waals surface area contributed by atoms with Crippen LogP contribution in [0, 0.1) is 10.1 Å². The number of hydrogen-bond donors (Lipinski definition) is 1. The molecule has 0 radical (unpaired) electrons. The van der Waals surface area contributed by atoms with Gasteiger partial charge in [-0.3, -0.25) is 10.1 Å². The molecule has 1 aromatic heterocycles. The normalized spacial score (nSPS) is 15.7. The molecule has 0 amide bonds. The Morgan fingerprint density at radius 3 is 2.58 bits per heavy atom. The summed E-state index contributed by atoms with van der Waals surface area (Å²) in [4.78, 5) is 12.3. The lowest BCUT2D eigenvalue weighted by atomic mass is 10.0. The van der Waals surface area contributed by atoms with E-state index in [0.29, 0.717) is 24.6 Å². The van der Waals surface area contributed by atoms with Gasteiger partial charge in [0.1, 0.15) is 5.82 Å². The highest BCUT2D eigenvalue weighted by atomic mass is 32.2. The van der Waals surface area contributed by atoms with Crippen molar-refractivity contribution in [3.63, 3.8) is 0 Å². The van der Waals surface area contributed by atoms with Crippen molar-refractivity contribution in [3.05, 3.63) is 46.6 Å². The quantitative estimate of drug-likeness (QED) is 0.620. The van der Waals surface area contributed by atoms with Crippen molar-refractivity contribution < 1.29 is 13.3 Å². The van der Waals surface area contributed by atoms with E-state index in [1.54, 1.807) is 12.3 Å². The van der Waals surface area contributed by atoms with E-state index in [0.717, 1.165) is 25.2 Å². The van der Waals surface area contributed by atoms with E-state index in [4.69, 9.17) is 0 Å². The summed E-state index contributed by atoms with van der Waals surface area (Å²) in [6.45, 7) is 1.27. The number of non-ortho nitro benzene ring substituents is 1. The second-order valence-corrected chi connectivity index (χ2v) is 8.18. The summed E-state index contributed by atoms with van der Waals surface area (Å²) >= 11 is 0. The Kier molecular flexibility index (Phi) is 5.03. The van der Waals surface area contributed by atoms with Crippen molar-refractivity contribution >= 4 is 27.0 Å². The van der Waals surface area contributed by atoms with E-state index in [-0.39, 0.29) is 16.6 Å². The highest BCUT2D eigenvalue weighted by Crippen LogP contribution is 2.31. The van der Waals surface area contributed by atoms with Gasteiger partial charge in [-0.2, -0.15) is 5.10 Å². The monoisotopic (exact) mass is 377 g/mol. The minimum Gasteiger partial charge on any atom is -0.370 e. The lowest BCUT2D eigenvalue weighted by Gasteiger charge is -2.34. The number of nitrogens with one attached hydrogen (secondary N) is 1. The molecule has 10 heteroatoms. The number of anilines is 2. The fourth-order valence-corrected chi connectivity index (χ4v) is 3.94. The number of nitro groups is 1. The molecule has 9 nitrogen and oxygen atoms in total. The number of hydrogen-bond acceptors (Lipinski definition) is 8. The Morgan fingerprint density at radius 2 is 2.00 bits per heavy atom. The fraction of sp³-hybridized carbons (Fsp3) is 0.375. The lowest BCUT2D eigenvalue weighted by molar-refractivity contribution is -0.385. The van der Waals surface area contributed by atoms with E-state index in [1.165, 1.54) is 12.1 Å². The van der Waals surface area contributed by atoms with Gasteiger partial charge in [-0.25, -0.2) is 8.42 Å². The number of sulfone groups is 1. The Hall–Kier alpha value is -2.75. The standard InChI is InChI=1S/C16H19N5O4S/c1-26(24,25)15-11-13(21(22)23)4-5-14(15)20-9-6-12(7-10-20)18-16-3-2-8-17-19-16/h2-5,8,11-12H,6-7,9-10H2,1H3,(H,18,19). The first kappa shape index (κ1) is 18.1. The molecular formula is C16H19N5O4S. The predicted octanol–water partition coefficient (Wildman–Crippen LogP) is 1.87. The molecule has 0 bridgehead atoms. The molecule has 138 valence electrons. The average Bonchev–Trinajstić information content (AvgIpc) is 2.62. The molecule has 0 atom stereocenters. The first-order chi connectivity index (χ1) is 12.3. The number of benzene rings is 1. The smallest absolute Gasteiger partial charge is 0.270 e. The summed E-state index contributed by atoms with van der Waals surface area (Å²) in [5.41, 5.74) is 0.282. The minimum atomic E-state index is -3.58. The van der Waals surface area contributed by atoms with Gasteiger partial charge in [-0.1, -0.05) is 0 Å². The van der Waals surface area contributed by atoms with Gasteiger partial charge in [0, 0.05) is 43.7 Å². The Balaban J connectivity index is 1.76. The predicted molar refractivity (Wildman–Crippen MR) is 97.1 cm³/mol. The zero-order chi connectivity index (χ0) is 18.7. The maximum Gasteiger partial charge on any atom is 0.270 e. The van der Waals surface area contributed by atoms with Gasteiger partial charge in [-0.15, -0.1) is 5.10 Å². The van der Waals surface area contributed by atoms with Crippen LogP contribution in [0.5, 0.6) is 0 Å². The van der Waals surface area contributed by atoms with Gasteiger partial charge in [-0.05, 0) is 31.0 Å². The Labute approximate surface area is 151 Å². The third-order valence-electron chi connectivity index (χ3n) is 4.31. The van der Waals surface area contributed by atoms with Gasteiger partial charge < -0.3 is 10.2 Å². The summed E-state index contributed by atoms with van der Waals surface area (Å²) in [6, 6.07) is 7.85. The van der Waals surface area contributed by atoms with E-state index >= 15 is 0 Å². The van der Waals surface area contributed by atoms with Crippen LogP contribution in [0.25, 0.3) is 0 Å². The molecule has 1 N–H and O–H groups in total. The van der Waals surface area contributed by atoms with Crippen LogP contribution in [0.1, 0.15) is 12.8 Å². The van der Waals surface area contributed by atoms with Crippen molar-refractivity contribution in [2.75, 3.05) is 29.6 Å². The maximum atomic E-state index is 12.1. The number of nitro benzene ring substituents is 1. The zero-order valence-electron chi connectivity index (χ0n) is 14.2. The van der Waals surface area contributed by atoms with Crippen molar-refractivity contribution in [1.82, 2.24) is 10.2 Å². The molecular weight excluding hydrogens is 358 g/mol. The number of piperidine rings is 1. The molecule has 2 heterocycles. The summed E-state index contributed by atoms with van der Waals surface area (Å²) in [5, 5.41) is 22.1. The van der Waals surface area contributed by atoms with Gasteiger partial charge in [0.25, 0.3) is 5.69 Å². The van der Waals surface area contributed by atoms with E-state index < -0.39 is 14.8 Å². The van der Waals surface area contributed by atoms with E-state index in [1.807, 2.05) is 11.0 Å². The highest BCUT2D eigenvalue weighted by molar-refractivity contribution is 7.90. The van der Waals surface area contributed by atoms with Gasteiger partial charge in [0.05, 0.1) is 15.5 Å². The lowest BCUT2D eigenvalue weighted by Crippen LogP contribution is -2.39. The topological polar surface area (TPSA) is 118 Å². The average molecular weight is 377 g/mol. The molecule has 0 aliphatic carbocycles. The summed E-state index contributed by atoms with van der Waals surface area (Å²) < 4.78 is 24.2. The molecule has 1 aliphatic rings. The Bertz CT molecular complexity index is 896. The van der Waals surface area contributed by atoms with Crippen LogP contribution in [0.3, 0.4) is 0 Å². The molecule has 1 aromatic carbocycles. The number of rotatable bonds is 5. The van der Waals surface area contributed by atoms with Crippen molar-refractivity contribution in [2.45, 2.75) is 23.8 Å². The highest BCUT2D eigenvalue weighted by Gasteiger charge is 2.25. The van der Waals surface area contributed by atoms with Crippen LogP contribution in [0.2, 0.25) is 0 Å². The van der Waals surface area contributed by atoms with Gasteiger partial charge in [0.2, 0.25) is 0 Å². The molecule has 1 fully saturated rings. The molecule has 0 saturated carbocycles. The summed E-state index contributed by atoms with van der Waals surface area (Å²) in [5.74, 6) is 0.707. The minimum absolute atomic E-state index is 0.00737. The maximum absolute atomic E-state index is 12.1. The van der Waals surface area contributed by atoms with Crippen LogP contribution in [0.15, 0.2) is 41.4 Å². The van der Waals surface area contributed by atoms with Gasteiger partial charge in [0.15, 0.2) is 9.84 Å². The largest absolute Gasteiger partial charge is 0.370 e. The molecule has 1 saturated heterocycles. The summed E-state index contributed by atoms with van der Waals surface area (Å²) in [6.07, 6.45) is 4.25. The molecule has 1 aliphatic heterocycles. The first-order valence-electron chi connectivity index (χ1n) is 8.12. The molecule has 0 spiro atoms. The Morgan fingerprint density at radius 1 is 1.27 bits per heavy atom. The molecule has 3 rings (SSSR count). The number of nitrogens with zero attached hydrogens (tertiary/aromatic N) is 4. The van der Waals surface area contributed by atoms with Crippen molar-refractivity contribution in [1.29, 1.82) is 0 Å². The van der Waals surface area contributed by atoms with Gasteiger partial charge >= 0.3 is 0 Å². The first-order valence-corrected chi connectivity index (χ1v) is 10.0. The third-order valence-corrected chi connectivity index (χ3v) is 5.44. The summed E-state index contributed by atoms with van der Waals surface area (Å²) in [7, 11) is -3.58.